The van der Waals surface area contributed by atoms with Crippen LogP contribution >= 0.6 is 0 Å². The number of carbonyl (C=O) groups is 1. The largest absolute Gasteiger partial charge is 0.399 e. The quantitative estimate of drug-likeness (QED) is 0.496. The van der Waals surface area contributed by atoms with Crippen molar-refractivity contribution in [3.63, 3.8) is 0 Å². The lowest BCUT2D eigenvalue weighted by atomic mass is 10.0. The molecule has 0 saturated carbocycles. The lowest BCUT2D eigenvalue weighted by Gasteiger charge is -2.30. The summed E-state index contributed by atoms with van der Waals surface area (Å²) in [4.78, 5) is 11.8. The average Bonchev–Trinajstić information content (AvgIpc) is 2.67. The number of anilines is 1. The van der Waals surface area contributed by atoms with Crippen molar-refractivity contribution in [2.75, 3.05) is 18.8 Å². The summed E-state index contributed by atoms with van der Waals surface area (Å²) < 4.78 is 27.7. The van der Waals surface area contributed by atoms with Crippen molar-refractivity contribution in [2.24, 2.45) is 5.92 Å². The predicted molar refractivity (Wildman–Crippen MR) is 118 cm³/mol. The molecule has 30 heavy (non-hydrogen) atoms. The van der Waals surface area contributed by atoms with Crippen LogP contribution in [0.4, 0.5) is 5.69 Å². The van der Waals surface area contributed by atoms with Crippen molar-refractivity contribution < 1.29 is 18.3 Å². The number of nitrogens with two attached hydrogens (primary N) is 1. The lowest BCUT2D eigenvalue weighted by Crippen LogP contribution is -2.50. The van der Waals surface area contributed by atoms with Gasteiger partial charge >= 0.3 is 0 Å². The number of hydrogen-bond acceptors (Lipinski definition) is 5. The zero-order valence-electron chi connectivity index (χ0n) is 17.7. The molecular formula is C22H31N3O4S. The molecule has 0 spiro atoms. The Labute approximate surface area is 179 Å². The van der Waals surface area contributed by atoms with Gasteiger partial charge in [0.05, 0.1) is 17.0 Å². The van der Waals surface area contributed by atoms with Gasteiger partial charge in [0.1, 0.15) is 0 Å². The molecular weight excluding hydrogens is 402 g/mol. The molecule has 164 valence electrons. The number of aliphatic hydroxyl groups excluding tert-OH is 1. The number of rotatable bonds is 10. The van der Waals surface area contributed by atoms with Crippen molar-refractivity contribution in [1.82, 2.24) is 9.62 Å². The number of sulfonamides is 1. The van der Waals surface area contributed by atoms with E-state index in [1.165, 1.54) is 35.5 Å². The van der Waals surface area contributed by atoms with Crippen molar-refractivity contribution in [2.45, 2.75) is 44.2 Å². The number of nitrogens with zero attached hydrogens (tertiary/aromatic N) is 1. The summed E-state index contributed by atoms with van der Waals surface area (Å²) in [7, 11) is -3.84. The van der Waals surface area contributed by atoms with E-state index in [-0.39, 0.29) is 29.8 Å². The van der Waals surface area contributed by atoms with Crippen molar-refractivity contribution >= 4 is 21.6 Å². The lowest BCUT2D eigenvalue weighted by molar-refractivity contribution is -0.120. The molecule has 7 nitrogen and oxygen atoms in total. The standard InChI is InChI=1S/C22H31N3O4S/c1-16(2)14-25(30(28,29)20-11-9-19(23)10-12-20)15-22(27)21(24-17(3)26)13-18-7-5-4-6-8-18/h4-12,16,21-22,27H,13-15,23H2,1-3H3,(H,24,26). The number of aliphatic hydroxyl groups is 1. The summed E-state index contributed by atoms with van der Waals surface area (Å²) in [6, 6.07) is 14.8. The summed E-state index contributed by atoms with van der Waals surface area (Å²) in [5, 5.41) is 13.7. The zero-order valence-corrected chi connectivity index (χ0v) is 18.5. The zero-order chi connectivity index (χ0) is 22.3. The van der Waals surface area contributed by atoms with Crippen molar-refractivity contribution in [3.8, 4) is 0 Å². The second-order valence-corrected chi connectivity index (χ2v) is 9.79. The van der Waals surface area contributed by atoms with Crippen LogP contribution in [0.5, 0.6) is 0 Å². The highest BCUT2D eigenvalue weighted by Gasteiger charge is 2.30. The van der Waals surface area contributed by atoms with Gasteiger partial charge in [-0.05, 0) is 42.2 Å². The number of amides is 1. The summed E-state index contributed by atoms with van der Waals surface area (Å²) in [6.07, 6.45) is -0.699. The SMILES string of the molecule is CC(=O)NC(Cc1ccccc1)C(O)CN(CC(C)C)S(=O)(=O)c1ccc(N)cc1. The average molecular weight is 434 g/mol. The fourth-order valence-corrected chi connectivity index (χ4v) is 4.84. The Morgan fingerprint density at radius 3 is 2.20 bits per heavy atom. The maximum atomic E-state index is 13.2. The molecule has 0 aliphatic rings. The van der Waals surface area contributed by atoms with Gasteiger partial charge in [-0.1, -0.05) is 44.2 Å². The van der Waals surface area contributed by atoms with E-state index in [1.54, 1.807) is 0 Å². The Balaban J connectivity index is 2.27. The van der Waals surface area contributed by atoms with Crippen LogP contribution in [0.2, 0.25) is 0 Å². The van der Waals surface area contributed by atoms with Gasteiger partial charge in [-0.15, -0.1) is 0 Å². The molecule has 0 saturated heterocycles. The fourth-order valence-electron chi connectivity index (χ4n) is 3.22. The van der Waals surface area contributed by atoms with E-state index in [2.05, 4.69) is 5.32 Å². The van der Waals surface area contributed by atoms with Gasteiger partial charge in [0.25, 0.3) is 0 Å². The topological polar surface area (TPSA) is 113 Å². The number of hydrogen-bond donors (Lipinski definition) is 3. The van der Waals surface area contributed by atoms with Gasteiger partial charge < -0.3 is 16.2 Å². The van der Waals surface area contributed by atoms with E-state index in [0.717, 1.165) is 5.56 Å². The molecule has 0 fully saturated rings. The first-order valence-corrected chi connectivity index (χ1v) is 11.4. The molecule has 8 heteroatoms. The normalized spacial score (nSPS) is 13.9. The van der Waals surface area contributed by atoms with Crippen LogP contribution in [0.15, 0.2) is 59.5 Å². The molecule has 2 aromatic carbocycles. The first-order chi connectivity index (χ1) is 14.1. The smallest absolute Gasteiger partial charge is 0.243 e. The maximum absolute atomic E-state index is 13.2. The van der Waals surface area contributed by atoms with E-state index in [9.17, 15) is 18.3 Å². The molecule has 0 aliphatic carbocycles. The van der Waals surface area contributed by atoms with E-state index in [4.69, 9.17) is 5.73 Å². The van der Waals surface area contributed by atoms with E-state index >= 15 is 0 Å². The summed E-state index contributed by atoms with van der Waals surface area (Å²) in [6.45, 7) is 5.30. The third kappa shape index (κ3) is 6.83. The third-order valence-electron chi connectivity index (χ3n) is 4.63. The predicted octanol–water partition coefficient (Wildman–Crippen LogP) is 2.02. The highest BCUT2D eigenvalue weighted by Crippen LogP contribution is 2.20. The highest BCUT2D eigenvalue weighted by atomic mass is 32.2. The Morgan fingerprint density at radius 1 is 1.07 bits per heavy atom. The highest BCUT2D eigenvalue weighted by molar-refractivity contribution is 7.89. The van der Waals surface area contributed by atoms with Crippen LogP contribution in [-0.4, -0.2) is 49.0 Å². The minimum atomic E-state index is -3.84. The van der Waals surface area contributed by atoms with Gasteiger partial charge in [-0.25, -0.2) is 8.42 Å². The Bertz CT molecular complexity index is 915. The molecule has 2 aromatic rings. The third-order valence-corrected chi connectivity index (χ3v) is 6.47. The fraction of sp³-hybridized carbons (Fsp3) is 0.409. The summed E-state index contributed by atoms with van der Waals surface area (Å²) >= 11 is 0. The van der Waals surface area contributed by atoms with E-state index < -0.39 is 22.2 Å². The summed E-state index contributed by atoms with van der Waals surface area (Å²) in [5.74, 6) is -0.235. The molecule has 0 aromatic heterocycles. The van der Waals surface area contributed by atoms with Crippen LogP contribution in [0, 0.1) is 5.92 Å². The Morgan fingerprint density at radius 2 is 1.67 bits per heavy atom. The monoisotopic (exact) mass is 433 g/mol. The number of carbonyl (C=O) groups excluding carboxylic acids is 1. The van der Waals surface area contributed by atoms with E-state index in [1.807, 2.05) is 44.2 Å². The second-order valence-electron chi connectivity index (χ2n) is 7.85. The molecule has 2 rings (SSSR count). The van der Waals surface area contributed by atoms with Gasteiger partial charge in [0.2, 0.25) is 15.9 Å². The van der Waals surface area contributed by atoms with Gasteiger partial charge in [0.15, 0.2) is 0 Å². The van der Waals surface area contributed by atoms with Crippen LogP contribution in [0.25, 0.3) is 0 Å². The summed E-state index contributed by atoms with van der Waals surface area (Å²) in [5.41, 5.74) is 7.09. The van der Waals surface area contributed by atoms with Crippen LogP contribution in [-0.2, 0) is 21.2 Å². The number of nitrogens with one attached hydrogen (secondary N) is 1. The molecule has 4 N–H and O–H groups in total. The Kier molecular flexibility index (Phi) is 8.40. The molecule has 2 atom stereocenters. The molecule has 1 amide bonds. The van der Waals surface area contributed by atoms with Gasteiger partial charge in [-0.2, -0.15) is 4.31 Å². The minimum absolute atomic E-state index is 0.0501. The molecule has 0 aliphatic heterocycles. The van der Waals surface area contributed by atoms with Crippen LogP contribution < -0.4 is 11.1 Å². The second kappa shape index (κ2) is 10.6. The minimum Gasteiger partial charge on any atom is -0.399 e. The van der Waals surface area contributed by atoms with Gasteiger partial charge in [0, 0.05) is 25.7 Å². The van der Waals surface area contributed by atoms with Crippen LogP contribution in [0.1, 0.15) is 26.3 Å². The maximum Gasteiger partial charge on any atom is 0.243 e. The van der Waals surface area contributed by atoms with Crippen LogP contribution in [0.3, 0.4) is 0 Å². The first-order valence-electron chi connectivity index (χ1n) is 9.94. The number of benzene rings is 2. The van der Waals surface area contributed by atoms with E-state index in [0.29, 0.717) is 12.1 Å². The molecule has 0 heterocycles. The van der Waals surface area contributed by atoms with Crippen molar-refractivity contribution in [1.29, 1.82) is 0 Å². The van der Waals surface area contributed by atoms with Gasteiger partial charge in [-0.3, -0.25) is 4.79 Å². The molecule has 2 unspecified atom stereocenters. The van der Waals surface area contributed by atoms with Crippen molar-refractivity contribution in [3.05, 3.63) is 60.2 Å². The Hall–Kier alpha value is -2.42. The molecule has 0 radical (unpaired) electrons. The number of nitrogen functional groups attached to an aromatic ring is 1. The molecule has 0 bridgehead atoms. The first kappa shape index (κ1) is 23.9.